The van der Waals surface area contributed by atoms with Crippen LogP contribution in [0.1, 0.15) is 26.7 Å². The van der Waals surface area contributed by atoms with Gasteiger partial charge in [0.1, 0.15) is 5.75 Å². The first-order valence-electron chi connectivity index (χ1n) is 6.34. The van der Waals surface area contributed by atoms with Crippen molar-refractivity contribution in [3.8, 4) is 5.75 Å². The molecule has 0 aromatic heterocycles. The van der Waals surface area contributed by atoms with Crippen molar-refractivity contribution < 1.29 is 14.5 Å². The first kappa shape index (κ1) is 16.4. The van der Waals surface area contributed by atoms with Gasteiger partial charge in [0.2, 0.25) is 0 Å². The number of rotatable bonds is 7. The highest BCUT2D eigenvalue weighted by Crippen LogP contribution is 2.29. The standard InChI is InChI=1S/C13H17BrN2O4/c1-3-9(4-2)15-13(17)8-20-12-7-10(16(18)19)5-6-11(12)14/h5-7,9H,3-4,8H2,1-2H3,(H,15,17). The van der Waals surface area contributed by atoms with E-state index in [1.165, 1.54) is 18.2 Å². The van der Waals surface area contributed by atoms with E-state index in [9.17, 15) is 14.9 Å². The smallest absolute Gasteiger partial charge is 0.273 e. The second kappa shape index (κ2) is 7.84. The number of carbonyl (C=O) groups excluding carboxylic acids is 1. The Balaban J connectivity index is 2.63. The zero-order chi connectivity index (χ0) is 15.1. The summed E-state index contributed by atoms with van der Waals surface area (Å²) in [4.78, 5) is 21.9. The second-order valence-electron chi connectivity index (χ2n) is 4.24. The number of hydrogen-bond donors (Lipinski definition) is 1. The Labute approximate surface area is 125 Å². The summed E-state index contributed by atoms with van der Waals surface area (Å²) in [7, 11) is 0. The number of halogens is 1. The minimum atomic E-state index is -0.510. The lowest BCUT2D eigenvalue weighted by Gasteiger charge is -2.15. The van der Waals surface area contributed by atoms with Crippen molar-refractivity contribution in [3.05, 3.63) is 32.8 Å². The molecular formula is C13H17BrN2O4. The quantitative estimate of drug-likeness (QED) is 0.608. The van der Waals surface area contributed by atoms with Crippen LogP contribution in [0.2, 0.25) is 0 Å². The van der Waals surface area contributed by atoms with Crippen molar-refractivity contribution in [3.63, 3.8) is 0 Å². The molecule has 1 rings (SSSR count). The number of non-ortho nitro benzene ring substituents is 1. The second-order valence-corrected chi connectivity index (χ2v) is 5.10. The number of carbonyl (C=O) groups is 1. The van der Waals surface area contributed by atoms with E-state index in [-0.39, 0.29) is 30.0 Å². The third-order valence-corrected chi connectivity index (χ3v) is 3.49. The SMILES string of the molecule is CCC(CC)NC(=O)COc1cc([N+](=O)[O-])ccc1Br. The van der Waals surface area contributed by atoms with Gasteiger partial charge in [-0.2, -0.15) is 0 Å². The zero-order valence-electron chi connectivity index (χ0n) is 11.4. The van der Waals surface area contributed by atoms with Crippen LogP contribution >= 0.6 is 15.9 Å². The number of benzene rings is 1. The van der Waals surface area contributed by atoms with Gasteiger partial charge >= 0.3 is 0 Å². The lowest BCUT2D eigenvalue weighted by atomic mass is 10.2. The van der Waals surface area contributed by atoms with E-state index < -0.39 is 4.92 Å². The number of nitro groups is 1. The maximum Gasteiger partial charge on any atom is 0.273 e. The number of nitrogens with one attached hydrogen (secondary N) is 1. The van der Waals surface area contributed by atoms with Crippen LogP contribution < -0.4 is 10.1 Å². The third-order valence-electron chi connectivity index (χ3n) is 2.84. The molecule has 0 aliphatic rings. The number of amides is 1. The number of hydrogen-bond acceptors (Lipinski definition) is 4. The highest BCUT2D eigenvalue weighted by Gasteiger charge is 2.13. The molecule has 0 spiro atoms. The molecule has 0 bridgehead atoms. The van der Waals surface area contributed by atoms with Crippen LogP contribution in [0.15, 0.2) is 22.7 Å². The number of nitrogens with zero attached hydrogens (tertiary/aromatic N) is 1. The van der Waals surface area contributed by atoms with Gasteiger partial charge in [0.05, 0.1) is 15.5 Å². The summed E-state index contributed by atoms with van der Waals surface area (Å²) in [5.74, 6) is 0.0380. The zero-order valence-corrected chi connectivity index (χ0v) is 13.0. The monoisotopic (exact) mass is 344 g/mol. The molecule has 0 radical (unpaired) electrons. The van der Waals surface area contributed by atoms with Gasteiger partial charge in [-0.15, -0.1) is 0 Å². The topological polar surface area (TPSA) is 81.5 Å². The Morgan fingerprint density at radius 3 is 2.65 bits per heavy atom. The predicted molar refractivity (Wildman–Crippen MR) is 78.8 cm³/mol. The Morgan fingerprint density at radius 1 is 1.45 bits per heavy atom. The maximum absolute atomic E-state index is 11.7. The first-order chi connectivity index (χ1) is 9.47. The van der Waals surface area contributed by atoms with Crippen LogP contribution in [0.4, 0.5) is 5.69 Å². The minimum Gasteiger partial charge on any atom is -0.482 e. The third kappa shape index (κ3) is 4.80. The number of nitro benzene ring substituents is 1. The Bertz CT molecular complexity index is 489. The normalized spacial score (nSPS) is 10.4. The summed E-state index contributed by atoms with van der Waals surface area (Å²) in [5.41, 5.74) is -0.0800. The highest BCUT2D eigenvalue weighted by molar-refractivity contribution is 9.10. The molecule has 1 N–H and O–H groups in total. The fourth-order valence-electron chi connectivity index (χ4n) is 1.62. The predicted octanol–water partition coefficient (Wildman–Crippen LogP) is 3.04. The van der Waals surface area contributed by atoms with Gasteiger partial charge in [-0.3, -0.25) is 14.9 Å². The molecule has 0 fully saturated rings. The van der Waals surface area contributed by atoms with Gasteiger partial charge in [-0.25, -0.2) is 0 Å². The van der Waals surface area contributed by atoms with Crippen molar-refractivity contribution in [2.45, 2.75) is 32.7 Å². The molecular weight excluding hydrogens is 328 g/mol. The molecule has 6 nitrogen and oxygen atoms in total. The molecule has 0 aliphatic carbocycles. The van der Waals surface area contributed by atoms with E-state index in [2.05, 4.69) is 21.2 Å². The van der Waals surface area contributed by atoms with Crippen LogP contribution in [-0.4, -0.2) is 23.5 Å². The summed E-state index contributed by atoms with van der Waals surface area (Å²) >= 11 is 3.23. The molecule has 0 aliphatic heterocycles. The van der Waals surface area contributed by atoms with E-state index in [1.807, 2.05) is 13.8 Å². The van der Waals surface area contributed by atoms with Crippen LogP contribution in [-0.2, 0) is 4.79 Å². The minimum absolute atomic E-state index is 0.0800. The van der Waals surface area contributed by atoms with Crippen LogP contribution in [0.25, 0.3) is 0 Å². The van der Waals surface area contributed by atoms with Crippen molar-refractivity contribution in [2.75, 3.05) is 6.61 Å². The van der Waals surface area contributed by atoms with Crippen molar-refractivity contribution in [2.24, 2.45) is 0 Å². The van der Waals surface area contributed by atoms with E-state index in [4.69, 9.17) is 4.74 Å². The average Bonchev–Trinajstić information content (AvgIpc) is 2.43. The summed E-state index contributed by atoms with van der Waals surface area (Å²) in [6.07, 6.45) is 1.70. The van der Waals surface area contributed by atoms with E-state index in [0.29, 0.717) is 4.47 Å². The molecule has 1 amide bonds. The molecule has 0 saturated carbocycles. The molecule has 0 unspecified atom stereocenters. The van der Waals surface area contributed by atoms with Crippen molar-refractivity contribution >= 4 is 27.5 Å². The van der Waals surface area contributed by atoms with Crippen LogP contribution in [0, 0.1) is 10.1 Å². The highest BCUT2D eigenvalue weighted by atomic mass is 79.9. The first-order valence-corrected chi connectivity index (χ1v) is 7.13. The molecule has 1 aromatic carbocycles. The fraction of sp³-hybridized carbons (Fsp3) is 0.462. The lowest BCUT2D eigenvalue weighted by Crippen LogP contribution is -2.37. The van der Waals surface area contributed by atoms with Gasteiger partial charge in [0.15, 0.2) is 6.61 Å². The van der Waals surface area contributed by atoms with E-state index in [0.717, 1.165) is 12.8 Å². The van der Waals surface area contributed by atoms with E-state index in [1.54, 1.807) is 0 Å². The number of ether oxygens (including phenoxy) is 1. The van der Waals surface area contributed by atoms with Gasteiger partial charge in [0.25, 0.3) is 11.6 Å². The molecule has 0 saturated heterocycles. The summed E-state index contributed by atoms with van der Waals surface area (Å²) in [5, 5.41) is 13.5. The molecule has 20 heavy (non-hydrogen) atoms. The van der Waals surface area contributed by atoms with E-state index >= 15 is 0 Å². The Kier molecular flexibility index (Phi) is 6.44. The largest absolute Gasteiger partial charge is 0.482 e. The maximum atomic E-state index is 11.7. The van der Waals surface area contributed by atoms with Gasteiger partial charge < -0.3 is 10.1 Å². The van der Waals surface area contributed by atoms with Gasteiger partial charge in [0, 0.05) is 12.1 Å². The Morgan fingerprint density at radius 2 is 2.10 bits per heavy atom. The summed E-state index contributed by atoms with van der Waals surface area (Å²) in [6, 6.07) is 4.29. The van der Waals surface area contributed by atoms with Gasteiger partial charge in [-0.05, 0) is 34.8 Å². The van der Waals surface area contributed by atoms with Crippen molar-refractivity contribution in [1.29, 1.82) is 0 Å². The molecule has 1 aromatic rings. The molecule has 0 heterocycles. The molecule has 110 valence electrons. The van der Waals surface area contributed by atoms with Crippen LogP contribution in [0.5, 0.6) is 5.75 Å². The molecule has 7 heteroatoms. The summed E-state index contributed by atoms with van der Waals surface area (Å²) in [6.45, 7) is 3.81. The average molecular weight is 345 g/mol. The fourth-order valence-corrected chi connectivity index (χ4v) is 1.98. The van der Waals surface area contributed by atoms with Gasteiger partial charge in [-0.1, -0.05) is 13.8 Å². The molecule has 0 atom stereocenters. The summed E-state index contributed by atoms with van der Waals surface area (Å²) < 4.78 is 5.88. The van der Waals surface area contributed by atoms with Crippen molar-refractivity contribution in [1.82, 2.24) is 5.32 Å². The lowest BCUT2D eigenvalue weighted by molar-refractivity contribution is -0.385. The Hall–Kier alpha value is -1.63. The van der Waals surface area contributed by atoms with Crippen LogP contribution in [0.3, 0.4) is 0 Å².